The standard InChI is InChI=1S/C27H21F4N5O2/c28-17-8-6-15(7-9-17)12-22(37)36-21-13-16(10-11-32-21)24-25(33-18-4-2-1-3-5-18)23-19(34-24)14-20(27(29,30)31)35-26(23)38/h1-11,13,20,33-34H,12,14H2,(H,35,38)(H,32,36,37). The molecule has 0 saturated carbocycles. The first kappa shape index (κ1) is 25.0. The minimum Gasteiger partial charge on any atom is -0.356 e. The molecule has 38 heavy (non-hydrogen) atoms. The molecule has 2 aromatic heterocycles. The number of aromatic nitrogens is 2. The van der Waals surface area contributed by atoms with E-state index in [1.165, 1.54) is 30.5 Å². The molecule has 0 fully saturated rings. The summed E-state index contributed by atoms with van der Waals surface area (Å²) in [6.07, 6.45) is -3.64. The van der Waals surface area contributed by atoms with Crippen molar-refractivity contribution in [3.63, 3.8) is 0 Å². The molecular weight excluding hydrogens is 502 g/mol. The van der Waals surface area contributed by atoms with E-state index in [1.807, 2.05) is 6.07 Å². The Kier molecular flexibility index (Phi) is 6.58. The summed E-state index contributed by atoms with van der Waals surface area (Å²) in [5.41, 5.74) is 2.62. The first-order valence-corrected chi connectivity index (χ1v) is 11.6. The van der Waals surface area contributed by atoms with Crippen molar-refractivity contribution >= 4 is 29.0 Å². The summed E-state index contributed by atoms with van der Waals surface area (Å²) in [5.74, 6) is -1.45. The average Bonchev–Trinajstić information content (AvgIpc) is 3.24. The number of carbonyl (C=O) groups excluding carboxylic acids is 2. The van der Waals surface area contributed by atoms with Crippen molar-refractivity contribution in [3.8, 4) is 11.3 Å². The van der Waals surface area contributed by atoms with Gasteiger partial charge in [0.2, 0.25) is 5.91 Å². The van der Waals surface area contributed by atoms with Crippen molar-refractivity contribution in [1.29, 1.82) is 0 Å². The van der Waals surface area contributed by atoms with Gasteiger partial charge < -0.3 is 20.9 Å². The van der Waals surface area contributed by atoms with Gasteiger partial charge in [0.1, 0.15) is 17.7 Å². The van der Waals surface area contributed by atoms with Crippen molar-refractivity contribution in [2.45, 2.75) is 25.1 Å². The Balaban J connectivity index is 1.48. The summed E-state index contributed by atoms with van der Waals surface area (Å²) in [6, 6.07) is 15.6. The molecule has 11 heteroatoms. The molecule has 0 bridgehead atoms. The van der Waals surface area contributed by atoms with Crippen LogP contribution in [0.4, 0.5) is 34.8 Å². The highest BCUT2D eigenvalue weighted by molar-refractivity contribution is 6.06. The number of nitrogens with one attached hydrogen (secondary N) is 4. The van der Waals surface area contributed by atoms with E-state index in [0.29, 0.717) is 28.2 Å². The van der Waals surface area contributed by atoms with Crippen LogP contribution in [-0.2, 0) is 17.6 Å². The van der Waals surface area contributed by atoms with Crippen molar-refractivity contribution in [1.82, 2.24) is 15.3 Å². The van der Waals surface area contributed by atoms with Gasteiger partial charge in [-0.15, -0.1) is 0 Å². The fraction of sp³-hybridized carbons (Fsp3) is 0.148. The van der Waals surface area contributed by atoms with E-state index in [9.17, 15) is 27.2 Å². The maximum atomic E-state index is 13.4. The zero-order valence-corrected chi connectivity index (χ0v) is 19.7. The zero-order valence-electron chi connectivity index (χ0n) is 19.7. The summed E-state index contributed by atoms with van der Waals surface area (Å²) in [7, 11) is 0. The quantitative estimate of drug-likeness (QED) is 0.256. The third-order valence-corrected chi connectivity index (χ3v) is 6.05. The highest BCUT2D eigenvalue weighted by Gasteiger charge is 2.45. The highest BCUT2D eigenvalue weighted by atomic mass is 19.4. The SMILES string of the molecule is O=C(Cc1ccc(F)cc1)Nc1cc(-c2[nH]c3c(c2Nc2ccccc2)C(=O)NC(C(F)(F)F)C3)ccn1. The lowest BCUT2D eigenvalue weighted by Gasteiger charge is -2.26. The molecule has 2 aromatic carbocycles. The Morgan fingerprint density at radius 1 is 1.05 bits per heavy atom. The molecule has 1 aliphatic heterocycles. The topological polar surface area (TPSA) is 98.9 Å². The van der Waals surface area contributed by atoms with Gasteiger partial charge in [-0.2, -0.15) is 13.2 Å². The number of nitrogens with zero attached hydrogens (tertiary/aromatic N) is 1. The minimum absolute atomic E-state index is 0.0111. The molecule has 4 aromatic rings. The Labute approximate surface area is 214 Å². The van der Waals surface area contributed by atoms with Gasteiger partial charge in [0.05, 0.1) is 23.4 Å². The molecule has 0 radical (unpaired) electrons. The Hall–Kier alpha value is -4.67. The van der Waals surface area contributed by atoms with Crippen LogP contribution in [0.2, 0.25) is 0 Å². The summed E-state index contributed by atoms with van der Waals surface area (Å²) in [6.45, 7) is 0. The first-order chi connectivity index (χ1) is 18.2. The first-order valence-electron chi connectivity index (χ1n) is 11.6. The maximum Gasteiger partial charge on any atom is 0.409 e. The predicted molar refractivity (Wildman–Crippen MR) is 133 cm³/mol. The summed E-state index contributed by atoms with van der Waals surface area (Å²) in [5, 5.41) is 7.88. The van der Waals surface area contributed by atoms with E-state index in [0.717, 1.165) is 0 Å². The third kappa shape index (κ3) is 5.36. The largest absolute Gasteiger partial charge is 0.409 e. The lowest BCUT2D eigenvalue weighted by Crippen LogP contribution is -2.50. The van der Waals surface area contributed by atoms with Gasteiger partial charge in [-0.05, 0) is 42.0 Å². The maximum absolute atomic E-state index is 13.4. The van der Waals surface area contributed by atoms with E-state index in [1.54, 1.807) is 36.4 Å². The number of amides is 2. The van der Waals surface area contributed by atoms with Crippen LogP contribution in [-0.4, -0.2) is 34.0 Å². The monoisotopic (exact) mass is 523 g/mol. The lowest BCUT2D eigenvalue weighted by molar-refractivity contribution is -0.153. The predicted octanol–water partition coefficient (Wildman–Crippen LogP) is 5.36. The molecule has 1 aliphatic rings. The van der Waals surface area contributed by atoms with Gasteiger partial charge in [-0.25, -0.2) is 9.37 Å². The van der Waals surface area contributed by atoms with E-state index in [2.05, 4.69) is 25.9 Å². The van der Waals surface area contributed by atoms with Crippen molar-refractivity contribution in [2.24, 2.45) is 0 Å². The number of benzene rings is 2. The summed E-state index contributed by atoms with van der Waals surface area (Å²) in [4.78, 5) is 32.5. The van der Waals surface area contributed by atoms with Crippen molar-refractivity contribution in [2.75, 3.05) is 10.6 Å². The Morgan fingerprint density at radius 3 is 2.50 bits per heavy atom. The third-order valence-electron chi connectivity index (χ3n) is 6.05. The number of carbonyl (C=O) groups is 2. The molecule has 0 spiro atoms. The van der Waals surface area contributed by atoms with Crippen LogP contribution >= 0.6 is 0 Å². The number of anilines is 3. The van der Waals surface area contributed by atoms with Gasteiger partial charge in [-0.1, -0.05) is 30.3 Å². The van der Waals surface area contributed by atoms with Crippen LogP contribution < -0.4 is 16.0 Å². The van der Waals surface area contributed by atoms with Gasteiger partial charge in [0.25, 0.3) is 5.91 Å². The summed E-state index contributed by atoms with van der Waals surface area (Å²) >= 11 is 0. The normalized spacial score (nSPS) is 14.9. The molecule has 2 amide bonds. The number of halogens is 4. The molecule has 194 valence electrons. The van der Waals surface area contributed by atoms with Crippen LogP contribution in [0, 0.1) is 5.82 Å². The van der Waals surface area contributed by atoms with Crippen LogP contribution in [0.25, 0.3) is 11.3 Å². The number of aromatic amines is 1. The molecule has 0 saturated heterocycles. The highest BCUT2D eigenvalue weighted by Crippen LogP contribution is 2.39. The van der Waals surface area contributed by atoms with Crippen molar-refractivity contribution in [3.05, 3.63) is 95.6 Å². The smallest absolute Gasteiger partial charge is 0.356 e. The number of alkyl halides is 3. The Morgan fingerprint density at radius 2 is 1.79 bits per heavy atom. The molecule has 0 aliphatic carbocycles. The molecule has 7 nitrogen and oxygen atoms in total. The molecule has 1 atom stereocenters. The van der Waals surface area contributed by atoms with Crippen LogP contribution in [0.1, 0.15) is 21.6 Å². The van der Waals surface area contributed by atoms with Gasteiger partial charge in [0.15, 0.2) is 0 Å². The number of H-pyrrole nitrogens is 1. The molecule has 4 N–H and O–H groups in total. The second kappa shape index (κ2) is 10.0. The molecule has 1 unspecified atom stereocenters. The van der Waals surface area contributed by atoms with Gasteiger partial charge >= 0.3 is 6.18 Å². The fourth-order valence-corrected chi connectivity index (χ4v) is 4.27. The van der Waals surface area contributed by atoms with Gasteiger partial charge in [0, 0.05) is 29.6 Å². The number of rotatable bonds is 6. The minimum atomic E-state index is -4.61. The fourth-order valence-electron chi connectivity index (χ4n) is 4.27. The van der Waals surface area contributed by atoms with E-state index >= 15 is 0 Å². The number of hydrogen-bond donors (Lipinski definition) is 4. The van der Waals surface area contributed by atoms with Crippen LogP contribution in [0.5, 0.6) is 0 Å². The van der Waals surface area contributed by atoms with E-state index < -0.39 is 30.4 Å². The zero-order chi connectivity index (χ0) is 26.9. The van der Waals surface area contributed by atoms with Gasteiger partial charge in [-0.3, -0.25) is 9.59 Å². The Bertz CT molecular complexity index is 1480. The van der Waals surface area contributed by atoms with E-state index in [4.69, 9.17) is 0 Å². The molecule has 3 heterocycles. The van der Waals surface area contributed by atoms with Crippen molar-refractivity contribution < 1.29 is 27.2 Å². The number of pyridine rings is 1. The average molecular weight is 523 g/mol. The second-order valence-corrected chi connectivity index (χ2v) is 8.77. The number of fused-ring (bicyclic) bond motifs is 1. The number of para-hydroxylation sites is 1. The molecular formula is C27H21F4N5O2. The van der Waals surface area contributed by atoms with Crippen LogP contribution in [0.15, 0.2) is 72.9 Å². The lowest BCUT2D eigenvalue weighted by atomic mass is 10.00. The summed E-state index contributed by atoms with van der Waals surface area (Å²) < 4.78 is 53.4. The molecule has 5 rings (SSSR count). The van der Waals surface area contributed by atoms with Crippen LogP contribution in [0.3, 0.4) is 0 Å². The number of hydrogen-bond acceptors (Lipinski definition) is 4. The second-order valence-electron chi connectivity index (χ2n) is 8.77. The van der Waals surface area contributed by atoms with E-state index in [-0.39, 0.29) is 29.4 Å².